The maximum atomic E-state index is 12.5. The first-order valence-corrected chi connectivity index (χ1v) is 12.0. The molecule has 0 spiro atoms. The summed E-state index contributed by atoms with van der Waals surface area (Å²) in [6, 6.07) is 0.530. The van der Waals surface area contributed by atoms with Gasteiger partial charge in [-0.25, -0.2) is 8.42 Å². The predicted octanol–water partition coefficient (Wildman–Crippen LogP) is -0.448. The molecule has 4 heterocycles. The zero-order valence-corrected chi connectivity index (χ0v) is 21.1. The number of aliphatic imine (C=N–C) groups is 1. The molecule has 4 aliphatic heterocycles. The highest BCUT2D eigenvalue weighted by molar-refractivity contribution is 14.0. The van der Waals surface area contributed by atoms with Gasteiger partial charge in [0.15, 0.2) is 5.96 Å². The van der Waals surface area contributed by atoms with Gasteiger partial charge in [0.2, 0.25) is 10.0 Å². The number of nitrogens with zero attached hydrogens (tertiary/aromatic N) is 5. The SMILES string of the molecule is CN=C(NCC1CN2CCN1CC2)N1CCN(S(=O)(=O)CCOC(C)C)CC1.I. The number of piperazine rings is 4. The Morgan fingerprint density at radius 3 is 2.28 bits per heavy atom. The Hall–Kier alpha value is -0.210. The van der Waals surface area contributed by atoms with Gasteiger partial charge in [0.1, 0.15) is 0 Å². The second-order valence-electron chi connectivity index (χ2n) is 8.04. The van der Waals surface area contributed by atoms with Gasteiger partial charge < -0.3 is 15.0 Å². The summed E-state index contributed by atoms with van der Waals surface area (Å²) in [6.07, 6.45) is 0.0500. The Labute approximate surface area is 192 Å². The van der Waals surface area contributed by atoms with Gasteiger partial charge in [-0.1, -0.05) is 0 Å². The minimum Gasteiger partial charge on any atom is -0.378 e. The van der Waals surface area contributed by atoms with Crippen molar-refractivity contribution in [3.05, 3.63) is 0 Å². The molecule has 170 valence electrons. The zero-order valence-electron chi connectivity index (χ0n) is 17.9. The molecule has 0 aromatic heterocycles. The van der Waals surface area contributed by atoms with E-state index < -0.39 is 10.0 Å². The quantitative estimate of drug-likeness (QED) is 0.264. The monoisotopic (exact) mass is 544 g/mol. The fourth-order valence-corrected chi connectivity index (χ4v) is 5.44. The summed E-state index contributed by atoms with van der Waals surface area (Å²) < 4.78 is 32.0. The van der Waals surface area contributed by atoms with Gasteiger partial charge in [0, 0.05) is 78.5 Å². The van der Waals surface area contributed by atoms with Crippen molar-refractivity contribution in [1.82, 2.24) is 24.3 Å². The van der Waals surface area contributed by atoms with E-state index in [0.29, 0.717) is 32.2 Å². The Kier molecular flexibility index (Phi) is 9.87. The fraction of sp³-hybridized carbons (Fsp3) is 0.944. The van der Waals surface area contributed by atoms with Crippen LogP contribution < -0.4 is 5.32 Å². The molecule has 1 atom stereocenters. The summed E-state index contributed by atoms with van der Waals surface area (Å²) in [5, 5.41) is 3.51. The van der Waals surface area contributed by atoms with E-state index in [9.17, 15) is 8.42 Å². The van der Waals surface area contributed by atoms with Gasteiger partial charge >= 0.3 is 0 Å². The van der Waals surface area contributed by atoms with E-state index >= 15 is 0 Å². The Morgan fingerprint density at radius 1 is 1.10 bits per heavy atom. The standard InChI is InChI=1S/C18H36N6O3S.HI/c1-16(2)27-12-13-28(25,26)24-10-8-23(9-11-24)18(19-3)20-14-17-15-21-4-6-22(17)7-5-21;/h16-17H,4-15H2,1-3H3,(H,19,20);1H. The molecule has 4 rings (SSSR count). The highest BCUT2D eigenvalue weighted by atomic mass is 127. The van der Waals surface area contributed by atoms with Crippen LogP contribution in [0.2, 0.25) is 0 Å². The zero-order chi connectivity index (χ0) is 20.1. The van der Waals surface area contributed by atoms with Crippen molar-refractivity contribution in [1.29, 1.82) is 0 Å². The largest absolute Gasteiger partial charge is 0.378 e. The maximum absolute atomic E-state index is 12.5. The number of fused-ring (bicyclic) bond motifs is 3. The van der Waals surface area contributed by atoms with Gasteiger partial charge in [-0.3, -0.25) is 14.8 Å². The summed E-state index contributed by atoms with van der Waals surface area (Å²) in [5.41, 5.74) is 0. The molecule has 1 unspecified atom stereocenters. The maximum Gasteiger partial charge on any atom is 0.216 e. The first kappa shape index (κ1) is 25.1. The average molecular weight is 545 g/mol. The normalized spacial score (nSPS) is 28.5. The average Bonchev–Trinajstić information content (AvgIpc) is 2.69. The molecular formula is C18H37IN6O3S. The molecule has 4 fully saturated rings. The summed E-state index contributed by atoms with van der Waals surface area (Å²) in [7, 11) is -1.46. The Balaban J connectivity index is 0.00000300. The van der Waals surface area contributed by atoms with Crippen LogP contribution in [-0.4, -0.2) is 130 Å². The van der Waals surface area contributed by atoms with Crippen molar-refractivity contribution in [3.63, 3.8) is 0 Å². The van der Waals surface area contributed by atoms with Crippen LogP contribution in [0.3, 0.4) is 0 Å². The van der Waals surface area contributed by atoms with Crippen LogP contribution in [0.1, 0.15) is 13.8 Å². The second kappa shape index (κ2) is 11.4. The van der Waals surface area contributed by atoms with E-state index in [1.807, 2.05) is 13.8 Å². The van der Waals surface area contributed by atoms with E-state index in [0.717, 1.165) is 32.1 Å². The molecule has 29 heavy (non-hydrogen) atoms. The number of hydrogen-bond donors (Lipinski definition) is 1. The topological polar surface area (TPSA) is 80.7 Å². The molecule has 0 radical (unpaired) electrons. The first-order chi connectivity index (χ1) is 13.4. The molecule has 2 bridgehead atoms. The lowest BCUT2D eigenvalue weighted by Crippen LogP contribution is -2.64. The molecule has 0 saturated carbocycles. The number of guanidine groups is 1. The third-order valence-corrected chi connectivity index (χ3v) is 7.66. The summed E-state index contributed by atoms with van der Waals surface area (Å²) >= 11 is 0. The Bertz CT molecular complexity index is 632. The van der Waals surface area contributed by atoms with E-state index in [4.69, 9.17) is 4.74 Å². The lowest BCUT2D eigenvalue weighted by Gasteiger charge is -2.47. The smallest absolute Gasteiger partial charge is 0.216 e. The molecule has 11 heteroatoms. The predicted molar refractivity (Wildman–Crippen MR) is 127 cm³/mol. The van der Waals surface area contributed by atoms with Crippen molar-refractivity contribution >= 4 is 40.0 Å². The lowest BCUT2D eigenvalue weighted by molar-refractivity contribution is 0.0151. The van der Waals surface area contributed by atoms with Crippen LogP contribution in [0.5, 0.6) is 0 Å². The Morgan fingerprint density at radius 2 is 1.76 bits per heavy atom. The number of sulfonamides is 1. The lowest BCUT2D eigenvalue weighted by atomic mass is 10.1. The van der Waals surface area contributed by atoms with Gasteiger partial charge in [0.25, 0.3) is 0 Å². The summed E-state index contributed by atoms with van der Waals surface area (Å²) in [6.45, 7) is 13.1. The van der Waals surface area contributed by atoms with Gasteiger partial charge in [0.05, 0.1) is 18.5 Å². The van der Waals surface area contributed by atoms with Gasteiger partial charge in [-0.2, -0.15) is 4.31 Å². The van der Waals surface area contributed by atoms with Crippen molar-refractivity contribution in [2.75, 3.05) is 84.9 Å². The van der Waals surface area contributed by atoms with Crippen molar-refractivity contribution in [2.24, 2.45) is 4.99 Å². The van der Waals surface area contributed by atoms with Crippen molar-refractivity contribution in [2.45, 2.75) is 26.0 Å². The van der Waals surface area contributed by atoms with Crippen LogP contribution in [0.15, 0.2) is 4.99 Å². The second-order valence-corrected chi connectivity index (χ2v) is 10.1. The van der Waals surface area contributed by atoms with Crippen LogP contribution >= 0.6 is 24.0 Å². The highest BCUT2D eigenvalue weighted by Crippen LogP contribution is 2.15. The number of nitrogens with one attached hydrogen (secondary N) is 1. The summed E-state index contributed by atoms with van der Waals surface area (Å²) in [5.74, 6) is 0.921. The molecule has 9 nitrogen and oxygen atoms in total. The number of hydrogen-bond acceptors (Lipinski definition) is 6. The first-order valence-electron chi connectivity index (χ1n) is 10.4. The molecule has 4 saturated heterocycles. The molecule has 0 aliphatic carbocycles. The third kappa shape index (κ3) is 6.89. The van der Waals surface area contributed by atoms with Crippen LogP contribution in [0.4, 0.5) is 0 Å². The molecule has 4 aliphatic rings. The van der Waals surface area contributed by atoms with Gasteiger partial charge in [-0.15, -0.1) is 24.0 Å². The molecule has 0 aromatic carbocycles. The van der Waals surface area contributed by atoms with E-state index in [1.165, 1.54) is 13.1 Å². The molecule has 0 amide bonds. The molecule has 1 N–H and O–H groups in total. The highest BCUT2D eigenvalue weighted by Gasteiger charge is 2.32. The molecule has 0 aromatic rings. The minimum atomic E-state index is -3.26. The fourth-order valence-electron chi connectivity index (χ4n) is 4.16. The van der Waals surface area contributed by atoms with Crippen molar-refractivity contribution < 1.29 is 13.2 Å². The molecular weight excluding hydrogens is 507 g/mol. The minimum absolute atomic E-state index is 0. The van der Waals surface area contributed by atoms with E-state index in [1.54, 1.807) is 11.4 Å². The van der Waals surface area contributed by atoms with Crippen LogP contribution in [-0.2, 0) is 14.8 Å². The number of rotatable bonds is 7. The van der Waals surface area contributed by atoms with Gasteiger partial charge in [-0.05, 0) is 13.8 Å². The summed E-state index contributed by atoms with van der Waals surface area (Å²) in [4.78, 5) is 11.7. The van der Waals surface area contributed by atoms with E-state index in [2.05, 4.69) is 25.0 Å². The van der Waals surface area contributed by atoms with Crippen LogP contribution in [0, 0.1) is 0 Å². The van der Waals surface area contributed by atoms with E-state index in [-0.39, 0.29) is 42.4 Å². The van der Waals surface area contributed by atoms with Crippen LogP contribution in [0.25, 0.3) is 0 Å². The number of halogens is 1. The van der Waals surface area contributed by atoms with Crippen molar-refractivity contribution in [3.8, 4) is 0 Å². The third-order valence-electron chi connectivity index (χ3n) is 5.82. The number of ether oxygens (including phenoxy) is 1.